The summed E-state index contributed by atoms with van der Waals surface area (Å²) in [4.78, 5) is 11.7. The Labute approximate surface area is 121 Å². The van der Waals surface area contributed by atoms with Gasteiger partial charge in [-0.1, -0.05) is 41.9 Å². The van der Waals surface area contributed by atoms with Crippen LogP contribution in [0.5, 0.6) is 0 Å². The van der Waals surface area contributed by atoms with Crippen LogP contribution >= 0.6 is 11.6 Å². The number of amides is 1. The van der Waals surface area contributed by atoms with Crippen molar-refractivity contribution < 1.29 is 9.53 Å². The largest absolute Gasteiger partial charge is 0.445 e. The third-order valence-electron chi connectivity index (χ3n) is 2.64. The molecule has 1 atom stereocenters. The molecule has 0 saturated heterocycles. The Balaban J connectivity index is 1.83. The highest BCUT2D eigenvalue weighted by molar-refractivity contribution is 6.29. The molecule has 6 heteroatoms. The van der Waals surface area contributed by atoms with E-state index in [4.69, 9.17) is 16.3 Å². The van der Waals surface area contributed by atoms with E-state index in [1.54, 1.807) is 19.1 Å². The molecule has 0 aliphatic rings. The number of alkyl carbamates (subject to hydrolysis) is 1. The van der Waals surface area contributed by atoms with Crippen LogP contribution in [0.15, 0.2) is 42.5 Å². The summed E-state index contributed by atoms with van der Waals surface area (Å²) in [5.74, 6) is 0. The summed E-state index contributed by atoms with van der Waals surface area (Å²) in [6.45, 7) is 2.02. The summed E-state index contributed by atoms with van der Waals surface area (Å²) in [5, 5.41) is 10.6. The highest BCUT2D eigenvalue weighted by Gasteiger charge is 2.12. The molecule has 2 rings (SSSR count). The number of nitrogens with one attached hydrogen (secondary N) is 1. The third-order valence-corrected chi connectivity index (χ3v) is 2.84. The minimum Gasteiger partial charge on any atom is -0.445 e. The fourth-order valence-electron chi connectivity index (χ4n) is 1.57. The van der Waals surface area contributed by atoms with Gasteiger partial charge < -0.3 is 10.1 Å². The zero-order valence-corrected chi connectivity index (χ0v) is 11.7. The van der Waals surface area contributed by atoms with E-state index >= 15 is 0 Å². The van der Waals surface area contributed by atoms with Crippen LogP contribution in [0, 0.1) is 0 Å². The van der Waals surface area contributed by atoms with Gasteiger partial charge in [-0.05, 0) is 24.6 Å². The maximum atomic E-state index is 11.7. The van der Waals surface area contributed by atoms with Crippen LogP contribution in [0.2, 0.25) is 5.15 Å². The second-order valence-electron chi connectivity index (χ2n) is 4.21. The smallest absolute Gasteiger partial charge is 0.407 e. The molecule has 0 aliphatic heterocycles. The maximum absolute atomic E-state index is 11.7. The lowest BCUT2D eigenvalue weighted by Crippen LogP contribution is -2.28. The molecule has 20 heavy (non-hydrogen) atoms. The molecule has 0 fully saturated rings. The Hall–Kier alpha value is -2.14. The first kappa shape index (κ1) is 14.3. The average Bonchev–Trinajstić information content (AvgIpc) is 2.47. The summed E-state index contributed by atoms with van der Waals surface area (Å²) in [6, 6.07) is 12.5. The topological polar surface area (TPSA) is 64.1 Å². The van der Waals surface area contributed by atoms with Crippen LogP contribution in [0.3, 0.4) is 0 Å². The first-order valence-corrected chi connectivity index (χ1v) is 6.49. The molecular formula is C14H14ClN3O2. The molecule has 0 aliphatic carbocycles. The van der Waals surface area contributed by atoms with Crippen LogP contribution in [0.4, 0.5) is 4.79 Å². The van der Waals surface area contributed by atoms with E-state index in [0.29, 0.717) is 10.8 Å². The summed E-state index contributed by atoms with van der Waals surface area (Å²) >= 11 is 5.65. The summed E-state index contributed by atoms with van der Waals surface area (Å²) < 4.78 is 5.12. The normalized spacial score (nSPS) is 11.7. The van der Waals surface area contributed by atoms with Gasteiger partial charge in [0.05, 0.1) is 11.7 Å². The molecule has 1 amide bonds. The number of benzene rings is 1. The average molecular weight is 292 g/mol. The lowest BCUT2D eigenvalue weighted by Gasteiger charge is -2.13. The van der Waals surface area contributed by atoms with Gasteiger partial charge in [0.2, 0.25) is 0 Å². The quantitative estimate of drug-likeness (QED) is 0.940. The van der Waals surface area contributed by atoms with Gasteiger partial charge in [-0.2, -0.15) is 5.10 Å². The molecular weight excluding hydrogens is 278 g/mol. The minimum absolute atomic E-state index is 0.228. The van der Waals surface area contributed by atoms with Crippen molar-refractivity contribution in [2.45, 2.75) is 19.6 Å². The van der Waals surface area contributed by atoms with Crippen LogP contribution in [0.25, 0.3) is 0 Å². The van der Waals surface area contributed by atoms with E-state index in [2.05, 4.69) is 15.5 Å². The first-order valence-electron chi connectivity index (χ1n) is 6.11. The lowest BCUT2D eigenvalue weighted by molar-refractivity contribution is 0.136. The van der Waals surface area contributed by atoms with Gasteiger partial charge in [0.25, 0.3) is 0 Å². The molecule has 5 nitrogen and oxygen atoms in total. The van der Waals surface area contributed by atoms with Gasteiger partial charge in [-0.25, -0.2) is 4.79 Å². The second-order valence-corrected chi connectivity index (χ2v) is 4.60. The number of rotatable bonds is 4. The van der Waals surface area contributed by atoms with E-state index < -0.39 is 6.09 Å². The first-order chi connectivity index (χ1) is 9.65. The van der Waals surface area contributed by atoms with Gasteiger partial charge in [-0.15, -0.1) is 5.10 Å². The molecule has 1 aromatic heterocycles. The number of nitrogens with zero attached hydrogens (tertiary/aromatic N) is 2. The molecule has 1 N–H and O–H groups in total. The minimum atomic E-state index is -0.502. The highest BCUT2D eigenvalue weighted by Crippen LogP contribution is 2.11. The van der Waals surface area contributed by atoms with E-state index in [1.165, 1.54) is 0 Å². The van der Waals surface area contributed by atoms with Crippen molar-refractivity contribution in [1.29, 1.82) is 0 Å². The Morgan fingerprint density at radius 3 is 2.65 bits per heavy atom. The second kappa shape index (κ2) is 6.86. The molecule has 1 heterocycles. The Bertz CT molecular complexity index is 560. The van der Waals surface area contributed by atoms with Gasteiger partial charge in [-0.3, -0.25) is 0 Å². The van der Waals surface area contributed by atoms with Crippen molar-refractivity contribution in [3.8, 4) is 0 Å². The lowest BCUT2D eigenvalue weighted by atomic mass is 10.2. The van der Waals surface area contributed by atoms with E-state index in [0.717, 1.165) is 5.56 Å². The number of ether oxygens (including phenoxy) is 1. The fourth-order valence-corrected chi connectivity index (χ4v) is 1.67. The van der Waals surface area contributed by atoms with Crippen LogP contribution in [0.1, 0.15) is 24.2 Å². The van der Waals surface area contributed by atoms with Crippen molar-refractivity contribution in [1.82, 2.24) is 15.5 Å². The number of aromatic nitrogens is 2. The fraction of sp³-hybridized carbons (Fsp3) is 0.214. The SMILES string of the molecule is C[C@H](NC(=O)OCc1ccccc1)c1ccc(Cl)nn1. The zero-order chi connectivity index (χ0) is 14.4. The van der Waals surface area contributed by atoms with E-state index in [9.17, 15) is 4.79 Å². The molecule has 104 valence electrons. The summed E-state index contributed by atoms with van der Waals surface area (Å²) in [5.41, 5.74) is 1.55. The monoisotopic (exact) mass is 291 g/mol. The van der Waals surface area contributed by atoms with Gasteiger partial charge in [0.1, 0.15) is 6.61 Å². The van der Waals surface area contributed by atoms with Crippen molar-refractivity contribution in [3.63, 3.8) is 0 Å². The predicted molar refractivity (Wildman–Crippen MR) is 75.2 cm³/mol. The van der Waals surface area contributed by atoms with Crippen molar-refractivity contribution in [3.05, 3.63) is 58.9 Å². The highest BCUT2D eigenvalue weighted by atomic mass is 35.5. The van der Waals surface area contributed by atoms with Gasteiger partial charge >= 0.3 is 6.09 Å². The van der Waals surface area contributed by atoms with Crippen molar-refractivity contribution >= 4 is 17.7 Å². The summed E-state index contributed by atoms with van der Waals surface area (Å²) in [7, 11) is 0. The van der Waals surface area contributed by atoms with E-state index in [-0.39, 0.29) is 12.6 Å². The molecule has 0 unspecified atom stereocenters. The van der Waals surface area contributed by atoms with Crippen LogP contribution in [-0.2, 0) is 11.3 Å². The van der Waals surface area contributed by atoms with Gasteiger partial charge in [0.15, 0.2) is 5.15 Å². The predicted octanol–water partition coefficient (Wildman–Crippen LogP) is 3.12. The molecule has 0 bridgehead atoms. The Kier molecular flexibility index (Phi) is 4.90. The van der Waals surface area contributed by atoms with E-state index in [1.807, 2.05) is 30.3 Å². The number of carbonyl (C=O) groups excluding carboxylic acids is 1. The number of hydrogen-bond donors (Lipinski definition) is 1. The molecule has 2 aromatic rings. The molecule has 0 spiro atoms. The maximum Gasteiger partial charge on any atom is 0.407 e. The van der Waals surface area contributed by atoms with Crippen LogP contribution < -0.4 is 5.32 Å². The van der Waals surface area contributed by atoms with Gasteiger partial charge in [0, 0.05) is 0 Å². The molecule has 0 radical (unpaired) electrons. The number of carbonyl (C=O) groups is 1. The number of halogens is 1. The standard InChI is InChI=1S/C14H14ClN3O2/c1-10(12-7-8-13(15)18-17-12)16-14(19)20-9-11-5-3-2-4-6-11/h2-8,10H,9H2,1H3,(H,16,19)/t10-/m0/s1. The summed E-state index contributed by atoms with van der Waals surface area (Å²) in [6.07, 6.45) is -0.502. The molecule has 1 aromatic carbocycles. The van der Waals surface area contributed by atoms with Crippen LogP contribution in [-0.4, -0.2) is 16.3 Å². The van der Waals surface area contributed by atoms with Crippen molar-refractivity contribution in [2.75, 3.05) is 0 Å². The molecule has 0 saturated carbocycles. The number of hydrogen-bond acceptors (Lipinski definition) is 4. The third kappa shape index (κ3) is 4.20. The Morgan fingerprint density at radius 1 is 1.25 bits per heavy atom. The van der Waals surface area contributed by atoms with Crippen molar-refractivity contribution in [2.24, 2.45) is 0 Å². The zero-order valence-electron chi connectivity index (χ0n) is 10.9. The Morgan fingerprint density at radius 2 is 2.00 bits per heavy atom.